The van der Waals surface area contributed by atoms with E-state index in [4.69, 9.17) is 0 Å². The molecule has 1 aromatic heterocycles. The second kappa shape index (κ2) is 5.87. The monoisotopic (exact) mass is 315 g/mol. The molecule has 0 fully saturated rings. The van der Waals surface area contributed by atoms with Gasteiger partial charge in [-0.1, -0.05) is 6.07 Å². The van der Waals surface area contributed by atoms with Crippen LogP contribution in [0, 0.1) is 13.8 Å². The Hall–Kier alpha value is -2.63. The first-order chi connectivity index (χ1) is 10.6. The third-order valence-corrected chi connectivity index (χ3v) is 3.58. The predicted octanol–water partition coefficient (Wildman–Crippen LogP) is 3.21. The van der Waals surface area contributed by atoms with Crippen LogP contribution in [0.2, 0.25) is 0 Å². The molecular weight excluding hydrogens is 294 g/mol. The van der Waals surface area contributed by atoms with Crippen molar-refractivity contribution in [2.24, 2.45) is 0 Å². The standard InChI is InChI=1S/C17H21N3O3/c1-10-6-11(2)14(7-13(10)16(22)23)19-15(21)12-8-18-20(9-12)17(3,4)5/h6-9H,1-5H3,(H,19,21)(H,22,23). The number of carbonyl (C=O) groups excluding carboxylic acids is 1. The number of nitrogens with zero attached hydrogens (tertiary/aromatic N) is 2. The maximum Gasteiger partial charge on any atom is 0.336 e. The SMILES string of the molecule is Cc1cc(C)c(C(=O)O)cc1NC(=O)c1cnn(C(C)(C)C)c1. The zero-order valence-corrected chi connectivity index (χ0v) is 14.0. The molecule has 0 aliphatic carbocycles. The molecule has 0 atom stereocenters. The average Bonchev–Trinajstić information content (AvgIpc) is 2.91. The number of nitrogens with one attached hydrogen (secondary N) is 1. The van der Waals surface area contributed by atoms with Crippen molar-refractivity contribution in [1.82, 2.24) is 9.78 Å². The van der Waals surface area contributed by atoms with Gasteiger partial charge in [0.15, 0.2) is 0 Å². The molecule has 2 aromatic rings. The fraction of sp³-hybridized carbons (Fsp3) is 0.353. The Morgan fingerprint density at radius 3 is 2.35 bits per heavy atom. The highest BCUT2D eigenvalue weighted by atomic mass is 16.4. The van der Waals surface area contributed by atoms with Crippen LogP contribution in [-0.4, -0.2) is 26.8 Å². The molecule has 0 saturated carbocycles. The summed E-state index contributed by atoms with van der Waals surface area (Å²) in [7, 11) is 0. The highest BCUT2D eigenvalue weighted by Gasteiger charge is 2.18. The third-order valence-electron chi connectivity index (χ3n) is 3.58. The Morgan fingerprint density at radius 1 is 1.17 bits per heavy atom. The van der Waals surface area contributed by atoms with Gasteiger partial charge in [0.1, 0.15) is 0 Å². The van der Waals surface area contributed by atoms with Gasteiger partial charge in [0.25, 0.3) is 5.91 Å². The van der Waals surface area contributed by atoms with Gasteiger partial charge in [0.05, 0.1) is 22.9 Å². The lowest BCUT2D eigenvalue weighted by Crippen LogP contribution is -2.22. The number of aromatic carboxylic acids is 1. The van der Waals surface area contributed by atoms with Gasteiger partial charge in [0.2, 0.25) is 0 Å². The number of carboxylic acid groups (broad SMARTS) is 1. The Kier molecular flexibility index (Phi) is 4.27. The fourth-order valence-electron chi connectivity index (χ4n) is 2.22. The Labute approximate surface area is 135 Å². The van der Waals surface area contributed by atoms with Crippen LogP contribution in [0.5, 0.6) is 0 Å². The molecule has 23 heavy (non-hydrogen) atoms. The van der Waals surface area contributed by atoms with Gasteiger partial charge >= 0.3 is 5.97 Å². The van der Waals surface area contributed by atoms with Crippen LogP contribution in [0.25, 0.3) is 0 Å². The molecule has 6 heteroatoms. The number of rotatable bonds is 3. The Bertz CT molecular complexity index is 770. The number of hydrogen-bond donors (Lipinski definition) is 2. The first-order valence-electron chi connectivity index (χ1n) is 7.30. The van der Waals surface area contributed by atoms with Gasteiger partial charge in [-0.3, -0.25) is 9.48 Å². The summed E-state index contributed by atoms with van der Waals surface area (Å²) in [5, 5.41) is 16.2. The predicted molar refractivity (Wildman–Crippen MR) is 88.1 cm³/mol. The van der Waals surface area contributed by atoms with E-state index in [9.17, 15) is 14.7 Å². The van der Waals surface area contributed by atoms with Gasteiger partial charge in [-0.05, 0) is 51.8 Å². The summed E-state index contributed by atoms with van der Waals surface area (Å²) in [6.45, 7) is 9.53. The van der Waals surface area contributed by atoms with Crippen molar-refractivity contribution >= 4 is 17.6 Å². The average molecular weight is 315 g/mol. The van der Waals surface area contributed by atoms with E-state index < -0.39 is 5.97 Å². The maximum atomic E-state index is 12.4. The number of anilines is 1. The zero-order chi connectivity index (χ0) is 17.4. The highest BCUT2D eigenvalue weighted by Crippen LogP contribution is 2.22. The number of carbonyl (C=O) groups is 2. The number of aromatic nitrogens is 2. The van der Waals surface area contributed by atoms with Crippen molar-refractivity contribution in [3.05, 3.63) is 46.8 Å². The Balaban J connectivity index is 2.28. The third kappa shape index (κ3) is 3.59. The molecule has 1 aromatic carbocycles. The summed E-state index contributed by atoms with van der Waals surface area (Å²) >= 11 is 0. The smallest absolute Gasteiger partial charge is 0.336 e. The van der Waals surface area contributed by atoms with E-state index in [2.05, 4.69) is 10.4 Å². The van der Waals surface area contributed by atoms with E-state index in [0.717, 1.165) is 5.56 Å². The van der Waals surface area contributed by atoms with Crippen LogP contribution in [0.1, 0.15) is 52.6 Å². The van der Waals surface area contributed by atoms with Crippen molar-refractivity contribution in [2.45, 2.75) is 40.2 Å². The van der Waals surface area contributed by atoms with Gasteiger partial charge in [-0.2, -0.15) is 5.10 Å². The minimum Gasteiger partial charge on any atom is -0.478 e. The summed E-state index contributed by atoms with van der Waals surface area (Å²) < 4.78 is 1.71. The van der Waals surface area contributed by atoms with Crippen molar-refractivity contribution in [1.29, 1.82) is 0 Å². The molecule has 0 saturated heterocycles. The van der Waals surface area contributed by atoms with Crippen molar-refractivity contribution in [3.8, 4) is 0 Å². The largest absolute Gasteiger partial charge is 0.478 e. The second-order valence-electron chi connectivity index (χ2n) is 6.59. The van der Waals surface area contributed by atoms with E-state index in [-0.39, 0.29) is 17.0 Å². The van der Waals surface area contributed by atoms with Crippen molar-refractivity contribution < 1.29 is 14.7 Å². The fourth-order valence-corrected chi connectivity index (χ4v) is 2.22. The molecule has 0 spiro atoms. The molecule has 0 aliphatic heterocycles. The summed E-state index contributed by atoms with van der Waals surface area (Å²) in [6, 6.07) is 3.23. The number of benzene rings is 1. The molecule has 0 radical (unpaired) electrons. The minimum atomic E-state index is -1.02. The second-order valence-corrected chi connectivity index (χ2v) is 6.59. The molecule has 2 rings (SSSR count). The molecule has 1 heterocycles. The van der Waals surface area contributed by atoms with Crippen molar-refractivity contribution in [3.63, 3.8) is 0 Å². The first-order valence-corrected chi connectivity index (χ1v) is 7.30. The lowest BCUT2D eigenvalue weighted by molar-refractivity contribution is 0.0695. The molecule has 0 bridgehead atoms. The number of amides is 1. The molecule has 2 N–H and O–H groups in total. The van der Waals surface area contributed by atoms with Gasteiger partial charge in [-0.25, -0.2) is 4.79 Å². The van der Waals surface area contributed by atoms with Crippen LogP contribution in [0.3, 0.4) is 0 Å². The number of carboxylic acids is 1. The normalized spacial score (nSPS) is 11.3. The van der Waals surface area contributed by atoms with E-state index in [1.54, 1.807) is 23.9 Å². The molecule has 6 nitrogen and oxygen atoms in total. The zero-order valence-electron chi connectivity index (χ0n) is 14.0. The van der Waals surface area contributed by atoms with Crippen LogP contribution in [-0.2, 0) is 5.54 Å². The van der Waals surface area contributed by atoms with Crippen molar-refractivity contribution in [2.75, 3.05) is 5.32 Å². The molecule has 0 aliphatic rings. The minimum absolute atomic E-state index is 0.177. The topological polar surface area (TPSA) is 84.2 Å². The molecule has 1 amide bonds. The van der Waals surface area contributed by atoms with Gasteiger partial charge < -0.3 is 10.4 Å². The lowest BCUT2D eigenvalue weighted by Gasteiger charge is -2.18. The first kappa shape index (κ1) is 16.7. The molecule has 0 unspecified atom stereocenters. The van der Waals surface area contributed by atoms with E-state index in [1.165, 1.54) is 12.3 Å². The quantitative estimate of drug-likeness (QED) is 0.911. The van der Waals surface area contributed by atoms with E-state index in [1.807, 2.05) is 27.7 Å². The summed E-state index contributed by atoms with van der Waals surface area (Å²) in [6.07, 6.45) is 3.18. The van der Waals surface area contributed by atoms with Crippen LogP contribution < -0.4 is 5.32 Å². The Morgan fingerprint density at radius 2 is 1.83 bits per heavy atom. The summed E-state index contributed by atoms with van der Waals surface area (Å²) in [4.78, 5) is 23.6. The van der Waals surface area contributed by atoms with E-state index >= 15 is 0 Å². The van der Waals surface area contributed by atoms with Gasteiger partial charge in [-0.15, -0.1) is 0 Å². The van der Waals surface area contributed by atoms with Crippen LogP contribution >= 0.6 is 0 Å². The van der Waals surface area contributed by atoms with Crippen LogP contribution in [0.15, 0.2) is 24.5 Å². The summed E-state index contributed by atoms with van der Waals surface area (Å²) in [5.74, 6) is -1.33. The lowest BCUT2D eigenvalue weighted by atomic mass is 10.0. The van der Waals surface area contributed by atoms with E-state index in [0.29, 0.717) is 16.8 Å². The highest BCUT2D eigenvalue weighted by molar-refractivity contribution is 6.05. The molecule has 122 valence electrons. The maximum absolute atomic E-state index is 12.4. The van der Waals surface area contributed by atoms with Gasteiger partial charge in [0, 0.05) is 11.9 Å². The number of hydrogen-bond acceptors (Lipinski definition) is 3. The molecular formula is C17H21N3O3. The van der Waals surface area contributed by atoms with Crippen LogP contribution in [0.4, 0.5) is 5.69 Å². The number of aryl methyl sites for hydroxylation is 2. The summed E-state index contributed by atoms with van der Waals surface area (Å²) in [5.41, 5.74) is 2.35.